The first-order valence-corrected chi connectivity index (χ1v) is 6.87. The highest BCUT2D eigenvalue weighted by Gasteiger charge is 2.27. The molecule has 0 aliphatic carbocycles. The van der Waals surface area contributed by atoms with Crippen LogP contribution in [0, 0.1) is 13.7 Å². The van der Waals surface area contributed by atoms with Crippen LogP contribution in [0.3, 0.4) is 0 Å². The molecule has 1 heterocycles. The maximum absolute atomic E-state index is 11.1. The van der Waals surface area contributed by atoms with E-state index in [1.807, 2.05) is 33.6 Å². The van der Waals surface area contributed by atoms with Crippen molar-refractivity contribution >= 4 is 40.3 Å². The zero-order chi connectivity index (χ0) is 13.1. The van der Waals surface area contributed by atoms with Gasteiger partial charge in [0.05, 0.1) is 11.0 Å². The summed E-state index contributed by atoms with van der Waals surface area (Å²) in [7, 11) is 0. The topological polar surface area (TPSA) is 63.5 Å². The minimum absolute atomic E-state index is 0.0793. The molecule has 2 rings (SSSR count). The van der Waals surface area contributed by atoms with Crippen LogP contribution < -0.4 is 4.90 Å². The molecule has 0 bridgehead atoms. The Morgan fingerprint density at radius 2 is 2.22 bits per heavy atom. The predicted molar refractivity (Wildman–Crippen MR) is 76.9 cm³/mol. The average molecular weight is 360 g/mol. The van der Waals surface area contributed by atoms with Crippen LogP contribution in [0.2, 0.25) is 0 Å². The lowest BCUT2D eigenvalue weighted by Gasteiger charge is -2.33. The molecule has 1 aliphatic heterocycles. The molecule has 0 N–H and O–H groups in total. The Labute approximate surface area is 118 Å². The smallest absolute Gasteiger partial charge is 0.293 e. The number of carbonyl (C=O) groups excluding carboxylic acids is 1. The van der Waals surface area contributed by atoms with E-state index in [0.29, 0.717) is 12.2 Å². The summed E-state index contributed by atoms with van der Waals surface area (Å²) in [6.45, 7) is 0.699. The van der Waals surface area contributed by atoms with E-state index in [4.69, 9.17) is 0 Å². The molecule has 0 saturated carbocycles. The molecule has 0 spiro atoms. The van der Waals surface area contributed by atoms with Gasteiger partial charge in [-0.1, -0.05) is 0 Å². The van der Waals surface area contributed by atoms with Crippen LogP contribution in [0.25, 0.3) is 0 Å². The first-order valence-electron chi connectivity index (χ1n) is 5.79. The number of nitro groups is 1. The lowest BCUT2D eigenvalue weighted by Crippen LogP contribution is -2.40. The van der Waals surface area contributed by atoms with Crippen molar-refractivity contribution in [3.63, 3.8) is 0 Å². The fourth-order valence-corrected chi connectivity index (χ4v) is 2.76. The lowest BCUT2D eigenvalue weighted by molar-refractivity contribution is -0.384. The fourth-order valence-electron chi connectivity index (χ4n) is 2.28. The molecule has 1 fully saturated rings. The normalized spacial score (nSPS) is 19.6. The van der Waals surface area contributed by atoms with Gasteiger partial charge in [0.1, 0.15) is 12.0 Å². The van der Waals surface area contributed by atoms with Crippen molar-refractivity contribution < 1.29 is 9.72 Å². The average Bonchev–Trinajstić information content (AvgIpc) is 2.38. The molecule has 1 aromatic carbocycles. The van der Waals surface area contributed by atoms with Crippen LogP contribution in [0.15, 0.2) is 18.2 Å². The summed E-state index contributed by atoms with van der Waals surface area (Å²) >= 11 is 2.05. The van der Waals surface area contributed by atoms with Crippen LogP contribution in [-0.4, -0.2) is 23.8 Å². The van der Waals surface area contributed by atoms with Crippen molar-refractivity contribution in [1.29, 1.82) is 0 Å². The molecular weight excluding hydrogens is 347 g/mol. The van der Waals surface area contributed by atoms with Gasteiger partial charge >= 0.3 is 0 Å². The van der Waals surface area contributed by atoms with Gasteiger partial charge < -0.3 is 9.69 Å². The molecular formula is C12H13IN2O3. The molecule has 1 aliphatic rings. The Bertz CT molecular complexity index is 478. The Balaban J connectivity index is 2.42. The number of rotatable bonds is 3. The van der Waals surface area contributed by atoms with Crippen molar-refractivity contribution in [3.8, 4) is 0 Å². The van der Waals surface area contributed by atoms with Crippen LogP contribution in [0.4, 0.5) is 11.4 Å². The standard InChI is InChI=1S/C12H13IN2O3/c13-9-4-5-11(12(7-9)15(17)18)14-6-2-1-3-10(14)8-16/h4-5,7-8,10H,1-3,6H2. The zero-order valence-electron chi connectivity index (χ0n) is 9.71. The van der Waals surface area contributed by atoms with Gasteiger partial charge in [-0.25, -0.2) is 0 Å². The Morgan fingerprint density at radius 3 is 2.89 bits per heavy atom. The molecule has 1 atom stereocenters. The van der Waals surface area contributed by atoms with E-state index in [0.717, 1.165) is 29.1 Å². The molecule has 1 aromatic rings. The molecule has 18 heavy (non-hydrogen) atoms. The number of benzene rings is 1. The van der Waals surface area contributed by atoms with E-state index < -0.39 is 0 Å². The van der Waals surface area contributed by atoms with Crippen molar-refractivity contribution in [2.75, 3.05) is 11.4 Å². The SMILES string of the molecule is O=CC1CCCCN1c1ccc(I)cc1[N+](=O)[O-]. The molecule has 0 aromatic heterocycles. The molecule has 5 nitrogen and oxygen atoms in total. The molecule has 1 saturated heterocycles. The third-order valence-electron chi connectivity index (χ3n) is 3.15. The number of anilines is 1. The van der Waals surface area contributed by atoms with Gasteiger partial charge in [-0.3, -0.25) is 10.1 Å². The summed E-state index contributed by atoms with van der Waals surface area (Å²) in [6.07, 6.45) is 3.62. The summed E-state index contributed by atoms with van der Waals surface area (Å²) in [5.41, 5.74) is 0.632. The molecule has 96 valence electrons. The minimum atomic E-state index is -0.381. The van der Waals surface area contributed by atoms with Crippen molar-refractivity contribution in [2.24, 2.45) is 0 Å². The number of carbonyl (C=O) groups is 1. The van der Waals surface area contributed by atoms with E-state index in [1.165, 1.54) is 0 Å². The Kier molecular flexibility index (Phi) is 4.15. The van der Waals surface area contributed by atoms with Gasteiger partial charge in [0.15, 0.2) is 0 Å². The predicted octanol–water partition coefficient (Wildman–Crippen LogP) is 2.76. The number of nitrogens with zero attached hydrogens (tertiary/aromatic N) is 2. The van der Waals surface area contributed by atoms with Crippen molar-refractivity contribution in [3.05, 3.63) is 31.9 Å². The second-order valence-electron chi connectivity index (χ2n) is 4.28. The molecule has 1 unspecified atom stereocenters. The zero-order valence-corrected chi connectivity index (χ0v) is 11.9. The van der Waals surface area contributed by atoms with E-state index in [1.54, 1.807) is 12.1 Å². The monoisotopic (exact) mass is 360 g/mol. The third-order valence-corrected chi connectivity index (χ3v) is 3.82. The van der Waals surface area contributed by atoms with Gasteiger partial charge in [0.25, 0.3) is 5.69 Å². The number of piperidine rings is 1. The number of hydrogen-bond acceptors (Lipinski definition) is 4. The largest absolute Gasteiger partial charge is 0.356 e. The highest BCUT2D eigenvalue weighted by molar-refractivity contribution is 14.1. The van der Waals surface area contributed by atoms with Crippen LogP contribution in [-0.2, 0) is 4.79 Å². The Hall–Kier alpha value is -1.18. The number of nitro benzene ring substituents is 1. The third kappa shape index (κ3) is 2.63. The summed E-state index contributed by atoms with van der Waals surface area (Å²) in [5, 5.41) is 11.1. The van der Waals surface area contributed by atoms with Crippen LogP contribution in [0.5, 0.6) is 0 Å². The quantitative estimate of drug-likeness (QED) is 0.360. The number of halogens is 1. The Morgan fingerprint density at radius 1 is 1.44 bits per heavy atom. The molecule has 0 radical (unpaired) electrons. The van der Waals surface area contributed by atoms with Crippen LogP contribution >= 0.6 is 22.6 Å². The number of hydrogen-bond donors (Lipinski definition) is 0. The fraction of sp³-hybridized carbons (Fsp3) is 0.417. The molecule has 0 amide bonds. The summed E-state index contributed by atoms with van der Waals surface area (Å²) in [5.74, 6) is 0. The van der Waals surface area contributed by atoms with E-state index >= 15 is 0 Å². The number of aldehydes is 1. The van der Waals surface area contributed by atoms with Crippen molar-refractivity contribution in [1.82, 2.24) is 0 Å². The van der Waals surface area contributed by atoms with E-state index in [2.05, 4.69) is 0 Å². The lowest BCUT2D eigenvalue weighted by atomic mass is 10.0. The maximum atomic E-state index is 11.1. The van der Waals surface area contributed by atoms with Gasteiger partial charge in [-0.15, -0.1) is 0 Å². The first kappa shape index (κ1) is 13.3. The summed E-state index contributed by atoms with van der Waals surface area (Å²) in [4.78, 5) is 23.6. The highest BCUT2D eigenvalue weighted by Crippen LogP contribution is 2.33. The first-order chi connectivity index (χ1) is 8.63. The van der Waals surface area contributed by atoms with Crippen molar-refractivity contribution in [2.45, 2.75) is 25.3 Å². The highest BCUT2D eigenvalue weighted by atomic mass is 127. The van der Waals surface area contributed by atoms with E-state index in [-0.39, 0.29) is 16.7 Å². The summed E-state index contributed by atoms with van der Waals surface area (Å²) < 4.78 is 0.822. The van der Waals surface area contributed by atoms with Gasteiger partial charge in [-0.2, -0.15) is 0 Å². The second-order valence-corrected chi connectivity index (χ2v) is 5.53. The maximum Gasteiger partial charge on any atom is 0.293 e. The molecule has 6 heteroatoms. The second kappa shape index (κ2) is 5.64. The van der Waals surface area contributed by atoms with Gasteiger partial charge in [-0.05, 0) is 54.0 Å². The van der Waals surface area contributed by atoms with Gasteiger partial charge in [0, 0.05) is 16.2 Å². The van der Waals surface area contributed by atoms with Crippen LogP contribution in [0.1, 0.15) is 19.3 Å². The van der Waals surface area contributed by atoms with E-state index in [9.17, 15) is 14.9 Å². The summed E-state index contributed by atoms with van der Waals surface area (Å²) in [6, 6.07) is 4.88. The minimum Gasteiger partial charge on any atom is -0.356 e. The van der Waals surface area contributed by atoms with Gasteiger partial charge in [0.2, 0.25) is 0 Å².